The molecule has 4 heteroatoms. The Hall–Kier alpha value is 0.1000. The molecule has 0 saturated heterocycles. The highest BCUT2D eigenvalue weighted by Crippen LogP contribution is 2.21. The van der Waals surface area contributed by atoms with E-state index < -0.39 is 0 Å². The van der Waals surface area contributed by atoms with Crippen LogP contribution in [0.25, 0.3) is 0 Å². The lowest BCUT2D eigenvalue weighted by Crippen LogP contribution is -2.27. The summed E-state index contributed by atoms with van der Waals surface area (Å²) in [6.07, 6.45) is 2.41. The molecule has 0 bridgehead atoms. The second-order valence-corrected chi connectivity index (χ2v) is 5.50. The van der Waals surface area contributed by atoms with Gasteiger partial charge in [0.25, 0.3) is 0 Å². The molecule has 1 N–H and O–H groups in total. The van der Waals surface area contributed by atoms with Gasteiger partial charge in [-0.2, -0.15) is 0 Å². The van der Waals surface area contributed by atoms with Crippen LogP contribution in [0.1, 0.15) is 24.6 Å². The van der Waals surface area contributed by atoms with Crippen molar-refractivity contribution >= 4 is 27.3 Å². The quantitative estimate of drug-likeness (QED) is 0.834. The third-order valence-corrected chi connectivity index (χ3v) is 3.93. The van der Waals surface area contributed by atoms with Crippen molar-refractivity contribution in [2.45, 2.75) is 26.3 Å². The number of hydrogen-bond acceptors (Lipinski definition) is 3. The average molecular weight is 292 g/mol. The second kappa shape index (κ2) is 7.39. The zero-order chi connectivity index (χ0) is 11.1. The van der Waals surface area contributed by atoms with Crippen LogP contribution in [0.3, 0.4) is 0 Å². The van der Waals surface area contributed by atoms with E-state index in [1.807, 2.05) is 0 Å². The van der Waals surface area contributed by atoms with Gasteiger partial charge in [0.1, 0.15) is 0 Å². The summed E-state index contributed by atoms with van der Waals surface area (Å²) in [6, 6.07) is 2.15. The minimum Gasteiger partial charge on any atom is -0.395 e. The van der Waals surface area contributed by atoms with Gasteiger partial charge in [0, 0.05) is 27.8 Å². The predicted octanol–water partition coefficient (Wildman–Crippen LogP) is 3.11. The summed E-state index contributed by atoms with van der Waals surface area (Å²) >= 11 is 5.22. The molecule has 0 amide bonds. The van der Waals surface area contributed by atoms with Crippen LogP contribution in [-0.2, 0) is 6.54 Å². The first-order chi connectivity index (χ1) is 7.26. The van der Waals surface area contributed by atoms with Gasteiger partial charge in [-0.1, -0.05) is 13.3 Å². The van der Waals surface area contributed by atoms with E-state index >= 15 is 0 Å². The maximum Gasteiger partial charge on any atom is 0.0558 e. The molecule has 0 saturated carbocycles. The zero-order valence-electron chi connectivity index (χ0n) is 9.08. The molecule has 1 aromatic heterocycles. The molecule has 0 atom stereocenters. The Labute approximate surface area is 104 Å². The monoisotopic (exact) mass is 291 g/mol. The molecule has 1 rings (SSSR count). The largest absolute Gasteiger partial charge is 0.395 e. The van der Waals surface area contributed by atoms with Crippen molar-refractivity contribution in [1.82, 2.24) is 4.90 Å². The van der Waals surface area contributed by atoms with E-state index in [9.17, 15) is 0 Å². The maximum atomic E-state index is 8.97. The molecule has 0 radical (unpaired) electrons. The summed E-state index contributed by atoms with van der Waals surface area (Å²) in [5.74, 6) is 0. The van der Waals surface area contributed by atoms with Crippen molar-refractivity contribution in [1.29, 1.82) is 0 Å². The molecule has 0 aromatic carbocycles. The van der Waals surface area contributed by atoms with Crippen LogP contribution >= 0.6 is 27.3 Å². The molecular formula is C11H18BrNOS. The van der Waals surface area contributed by atoms with E-state index in [-0.39, 0.29) is 6.61 Å². The SMILES string of the molecule is CCCCN(CCO)Cc1cc(Br)cs1. The summed E-state index contributed by atoms with van der Waals surface area (Å²) in [6.45, 7) is 5.24. The van der Waals surface area contributed by atoms with Crippen LogP contribution in [0.4, 0.5) is 0 Å². The molecule has 1 aromatic rings. The number of thiophene rings is 1. The number of halogens is 1. The topological polar surface area (TPSA) is 23.5 Å². The van der Waals surface area contributed by atoms with Crippen LogP contribution < -0.4 is 0 Å². The molecule has 0 aliphatic carbocycles. The number of nitrogens with zero attached hydrogens (tertiary/aromatic N) is 1. The molecule has 0 aliphatic rings. The standard InChI is InChI=1S/C11H18BrNOS/c1-2-3-4-13(5-6-14)8-11-7-10(12)9-15-11/h7,9,14H,2-6,8H2,1H3. The van der Waals surface area contributed by atoms with Gasteiger partial charge >= 0.3 is 0 Å². The lowest BCUT2D eigenvalue weighted by Gasteiger charge is -2.19. The maximum absolute atomic E-state index is 8.97. The molecule has 86 valence electrons. The van der Waals surface area contributed by atoms with Crippen LogP contribution in [-0.4, -0.2) is 29.7 Å². The van der Waals surface area contributed by atoms with Crippen molar-refractivity contribution < 1.29 is 5.11 Å². The summed E-state index contributed by atoms with van der Waals surface area (Å²) < 4.78 is 1.15. The van der Waals surface area contributed by atoms with Gasteiger partial charge in [-0.3, -0.25) is 4.90 Å². The fourth-order valence-corrected chi connectivity index (χ4v) is 2.94. The molecule has 15 heavy (non-hydrogen) atoms. The molecule has 0 spiro atoms. The van der Waals surface area contributed by atoms with Gasteiger partial charge in [-0.05, 0) is 35.0 Å². The van der Waals surface area contributed by atoms with Crippen LogP contribution in [0.2, 0.25) is 0 Å². The van der Waals surface area contributed by atoms with E-state index in [2.05, 4.69) is 39.2 Å². The van der Waals surface area contributed by atoms with Gasteiger partial charge in [0.15, 0.2) is 0 Å². The smallest absolute Gasteiger partial charge is 0.0558 e. The molecule has 0 aliphatic heterocycles. The average Bonchev–Trinajstić information content (AvgIpc) is 2.61. The van der Waals surface area contributed by atoms with Gasteiger partial charge in [-0.15, -0.1) is 11.3 Å². The van der Waals surface area contributed by atoms with E-state index in [4.69, 9.17) is 5.11 Å². The number of unbranched alkanes of at least 4 members (excludes halogenated alkanes) is 1. The summed E-state index contributed by atoms with van der Waals surface area (Å²) in [5, 5.41) is 11.1. The van der Waals surface area contributed by atoms with Crippen LogP contribution in [0.5, 0.6) is 0 Å². The third-order valence-electron chi connectivity index (χ3n) is 2.25. The Bertz CT molecular complexity index is 277. The normalized spacial score (nSPS) is 11.2. The summed E-state index contributed by atoms with van der Waals surface area (Å²) in [5.41, 5.74) is 0. The number of rotatable bonds is 7. The lowest BCUT2D eigenvalue weighted by molar-refractivity contribution is 0.189. The molecular weight excluding hydrogens is 274 g/mol. The second-order valence-electron chi connectivity index (χ2n) is 3.58. The molecule has 0 unspecified atom stereocenters. The number of aliphatic hydroxyl groups excluding tert-OH is 1. The van der Waals surface area contributed by atoms with Crippen molar-refractivity contribution in [2.24, 2.45) is 0 Å². The number of hydrogen-bond donors (Lipinski definition) is 1. The van der Waals surface area contributed by atoms with Gasteiger partial charge in [0.2, 0.25) is 0 Å². The van der Waals surface area contributed by atoms with Crippen molar-refractivity contribution in [3.8, 4) is 0 Å². The van der Waals surface area contributed by atoms with Gasteiger partial charge in [0.05, 0.1) is 6.61 Å². The fourth-order valence-electron chi connectivity index (χ4n) is 1.45. The highest BCUT2D eigenvalue weighted by molar-refractivity contribution is 9.10. The Balaban J connectivity index is 2.42. The molecule has 0 fully saturated rings. The Morgan fingerprint density at radius 2 is 2.27 bits per heavy atom. The molecule has 2 nitrogen and oxygen atoms in total. The van der Waals surface area contributed by atoms with E-state index in [1.165, 1.54) is 17.7 Å². The first kappa shape index (κ1) is 13.2. The minimum absolute atomic E-state index is 0.246. The number of aliphatic hydroxyl groups is 1. The Kier molecular flexibility index (Phi) is 6.48. The van der Waals surface area contributed by atoms with Gasteiger partial charge in [-0.25, -0.2) is 0 Å². The first-order valence-corrected chi connectivity index (χ1v) is 6.99. The summed E-state index contributed by atoms with van der Waals surface area (Å²) in [4.78, 5) is 3.66. The van der Waals surface area contributed by atoms with Crippen molar-refractivity contribution in [2.75, 3.05) is 19.7 Å². The summed E-state index contributed by atoms with van der Waals surface area (Å²) in [7, 11) is 0. The predicted molar refractivity (Wildman–Crippen MR) is 69.3 cm³/mol. The lowest BCUT2D eigenvalue weighted by atomic mass is 10.3. The van der Waals surface area contributed by atoms with E-state index in [0.717, 1.165) is 24.1 Å². The first-order valence-electron chi connectivity index (χ1n) is 5.32. The third kappa shape index (κ3) is 5.11. The van der Waals surface area contributed by atoms with Crippen molar-refractivity contribution in [3.05, 3.63) is 20.8 Å². The Morgan fingerprint density at radius 3 is 2.80 bits per heavy atom. The van der Waals surface area contributed by atoms with Crippen LogP contribution in [0, 0.1) is 0 Å². The van der Waals surface area contributed by atoms with E-state index in [1.54, 1.807) is 11.3 Å². The van der Waals surface area contributed by atoms with Crippen molar-refractivity contribution in [3.63, 3.8) is 0 Å². The highest BCUT2D eigenvalue weighted by Gasteiger charge is 2.06. The highest BCUT2D eigenvalue weighted by atomic mass is 79.9. The van der Waals surface area contributed by atoms with E-state index in [0.29, 0.717) is 0 Å². The zero-order valence-corrected chi connectivity index (χ0v) is 11.5. The van der Waals surface area contributed by atoms with Crippen LogP contribution in [0.15, 0.2) is 15.9 Å². The minimum atomic E-state index is 0.246. The Morgan fingerprint density at radius 1 is 1.47 bits per heavy atom. The fraction of sp³-hybridized carbons (Fsp3) is 0.636. The molecule has 1 heterocycles. The van der Waals surface area contributed by atoms with Gasteiger partial charge < -0.3 is 5.11 Å².